The van der Waals surface area contributed by atoms with Gasteiger partial charge in [0.15, 0.2) is 29.4 Å². The summed E-state index contributed by atoms with van der Waals surface area (Å²) in [5.41, 5.74) is 4.23. The molecule has 4 aromatic carbocycles. The quantitative estimate of drug-likeness (QED) is 0.0725. The molecule has 0 amide bonds. The Morgan fingerprint density at radius 3 is 1.70 bits per heavy atom. The van der Waals surface area contributed by atoms with E-state index < -0.39 is 35.5 Å². The number of unbranched alkanes of at least 4 members (excludes halogenated alkanes) is 4. The fourth-order valence-electron chi connectivity index (χ4n) is 9.15. The van der Waals surface area contributed by atoms with Crippen molar-refractivity contribution in [3.05, 3.63) is 128 Å². The zero-order valence-electron chi connectivity index (χ0n) is 39.0. The van der Waals surface area contributed by atoms with Crippen molar-refractivity contribution in [1.82, 2.24) is 0 Å². The van der Waals surface area contributed by atoms with Crippen LogP contribution in [0.2, 0.25) is 0 Å². The van der Waals surface area contributed by atoms with Crippen LogP contribution in [0.3, 0.4) is 0 Å². The lowest BCUT2D eigenvalue weighted by Crippen LogP contribution is -2.35. The van der Waals surface area contributed by atoms with Crippen molar-refractivity contribution >= 4 is 18.4 Å². The molecule has 0 spiro atoms. The summed E-state index contributed by atoms with van der Waals surface area (Å²) in [6.07, 6.45) is 14.0. The third-order valence-corrected chi connectivity index (χ3v) is 13.0. The minimum atomic E-state index is -0.749. The van der Waals surface area contributed by atoms with Crippen LogP contribution in [0.5, 0.6) is 23.0 Å². The molecule has 0 saturated carbocycles. The van der Waals surface area contributed by atoms with Crippen molar-refractivity contribution in [2.45, 2.75) is 96.2 Å². The Labute approximate surface area is 399 Å². The molecule has 5 aliphatic heterocycles. The van der Waals surface area contributed by atoms with Crippen molar-refractivity contribution in [3.63, 3.8) is 0 Å². The third kappa shape index (κ3) is 13.1. The van der Waals surface area contributed by atoms with Gasteiger partial charge in [-0.15, -0.1) is 0 Å². The van der Waals surface area contributed by atoms with E-state index in [1.54, 1.807) is 24.3 Å². The van der Waals surface area contributed by atoms with Gasteiger partial charge in [-0.05, 0) is 108 Å². The molecule has 0 aliphatic carbocycles. The number of carbonyl (C=O) groups excluding carboxylic acids is 1. The molecule has 69 heavy (non-hydrogen) atoms. The van der Waals surface area contributed by atoms with Crippen LogP contribution in [0.15, 0.2) is 59.7 Å². The molecule has 2 N–H and O–H groups in total. The molecular formula is C54H60F6O9. The number of aliphatic hydroxyl groups excluding tert-OH is 2. The van der Waals surface area contributed by atoms with Gasteiger partial charge < -0.3 is 38.6 Å². The summed E-state index contributed by atoms with van der Waals surface area (Å²) < 4.78 is 116. The maximum atomic E-state index is 15.0. The Bertz CT molecular complexity index is 2460. The van der Waals surface area contributed by atoms with Crippen molar-refractivity contribution in [2.24, 2.45) is 11.8 Å². The predicted molar refractivity (Wildman–Crippen MR) is 248 cm³/mol. The second-order valence-corrected chi connectivity index (χ2v) is 18.2. The largest absolute Gasteiger partial charge is 0.493 e. The lowest BCUT2D eigenvalue weighted by Gasteiger charge is -2.33. The molecule has 1 fully saturated rings. The molecule has 5 heterocycles. The van der Waals surface area contributed by atoms with Crippen LogP contribution in [0.1, 0.15) is 110 Å². The van der Waals surface area contributed by atoms with Crippen LogP contribution in [-0.2, 0) is 27.1 Å². The van der Waals surface area contributed by atoms with E-state index in [4.69, 9.17) is 28.4 Å². The second kappa shape index (κ2) is 24.5. The van der Waals surface area contributed by atoms with Crippen LogP contribution in [-0.4, -0.2) is 75.6 Å². The summed E-state index contributed by atoms with van der Waals surface area (Å²) in [5, 5.41) is 18.4. The molecule has 9 nitrogen and oxygen atoms in total. The SMILES string of the molecule is CCCCCC1COc2cc(C(CO)CO)c(F)cc2C1.CCCCCC1COc2cc(C3COC(C4=Cc5cc(F)cc(F)c5OC4)OC3)c(F)cc2C1.O=CC1=Cc2cc(F)cc(F)c2OC1. The van der Waals surface area contributed by atoms with Crippen molar-refractivity contribution in [1.29, 1.82) is 0 Å². The molecule has 15 heteroatoms. The number of carbonyl (C=O) groups is 1. The van der Waals surface area contributed by atoms with Crippen LogP contribution >= 0.6 is 0 Å². The maximum Gasteiger partial charge on any atom is 0.183 e. The van der Waals surface area contributed by atoms with E-state index in [0.717, 1.165) is 60.8 Å². The molecule has 5 aliphatic rings. The third-order valence-electron chi connectivity index (χ3n) is 13.0. The molecule has 0 bridgehead atoms. The normalized spacial score (nSPS) is 20.0. The standard InChI is InChI=1S/C27H29F3O4.C17H25FO3.C10H6F2O2/c1-2-3-4-5-16-6-17-9-23(29)22(11-25(17)31-12-16)20-14-33-27(34-15-20)19-7-18-8-21(28)10-24(30)26(18)32-13-19;1-2-3-4-5-12-6-13-7-16(18)15(14(9-19)10-20)8-17(13)21-11-12;11-8-2-7-1-6(4-13)5-14-10(7)9(12)3-8/h7-11,16,20,27H,2-6,12-15H2,1H3;7-8,12,14,19-20H,2-6,9-11H2,1H3;1-4H,5H2. The summed E-state index contributed by atoms with van der Waals surface area (Å²) in [6.45, 7) is 5.77. The Kier molecular flexibility index (Phi) is 18.3. The first-order valence-electron chi connectivity index (χ1n) is 23.9. The average molecular weight is 967 g/mol. The molecule has 4 aromatic rings. The lowest BCUT2D eigenvalue weighted by atomic mass is 9.89. The number of aliphatic hydroxyl groups is 2. The molecule has 9 rings (SSSR count). The first kappa shape index (κ1) is 51.5. The Balaban J connectivity index is 0.000000170. The van der Waals surface area contributed by atoms with Gasteiger partial charge in [0, 0.05) is 46.2 Å². The Hall–Kier alpha value is -5.35. The van der Waals surface area contributed by atoms with Gasteiger partial charge in [-0.1, -0.05) is 52.4 Å². The number of benzene rings is 4. The molecule has 372 valence electrons. The number of halogens is 6. The van der Waals surface area contributed by atoms with E-state index in [1.165, 1.54) is 56.7 Å². The molecule has 1 saturated heterocycles. The predicted octanol–water partition coefficient (Wildman–Crippen LogP) is 11.1. The van der Waals surface area contributed by atoms with Gasteiger partial charge >= 0.3 is 0 Å². The van der Waals surface area contributed by atoms with Gasteiger partial charge in [-0.2, -0.15) is 0 Å². The summed E-state index contributed by atoms with van der Waals surface area (Å²) in [5.74, 6) is -2.00. The van der Waals surface area contributed by atoms with Gasteiger partial charge in [0.25, 0.3) is 0 Å². The van der Waals surface area contributed by atoms with Gasteiger partial charge in [0.1, 0.15) is 54.3 Å². The summed E-state index contributed by atoms with van der Waals surface area (Å²) in [6, 6.07) is 10.4. The summed E-state index contributed by atoms with van der Waals surface area (Å²) in [4.78, 5) is 10.4. The van der Waals surface area contributed by atoms with Gasteiger partial charge in [-0.25, -0.2) is 26.3 Å². The molecule has 2 atom stereocenters. The van der Waals surface area contributed by atoms with Gasteiger partial charge in [-0.3, -0.25) is 4.79 Å². The molecular weight excluding hydrogens is 907 g/mol. The summed E-state index contributed by atoms with van der Waals surface area (Å²) >= 11 is 0. The fraction of sp³-hybridized carbons (Fsp3) is 0.463. The summed E-state index contributed by atoms with van der Waals surface area (Å²) in [7, 11) is 0. The fourth-order valence-corrected chi connectivity index (χ4v) is 9.15. The number of fused-ring (bicyclic) bond motifs is 4. The van der Waals surface area contributed by atoms with E-state index in [2.05, 4.69) is 13.8 Å². The number of ether oxygens (including phenoxy) is 6. The Morgan fingerprint density at radius 2 is 1.14 bits per heavy atom. The van der Waals surface area contributed by atoms with Gasteiger partial charge in [0.2, 0.25) is 0 Å². The van der Waals surface area contributed by atoms with E-state index >= 15 is 4.39 Å². The van der Waals surface area contributed by atoms with E-state index in [0.29, 0.717) is 64.9 Å². The van der Waals surface area contributed by atoms with Crippen molar-refractivity contribution in [3.8, 4) is 23.0 Å². The highest BCUT2D eigenvalue weighted by Gasteiger charge is 2.32. The monoisotopic (exact) mass is 966 g/mol. The van der Waals surface area contributed by atoms with E-state index in [9.17, 15) is 37.0 Å². The Morgan fingerprint density at radius 1 is 0.609 bits per heavy atom. The second-order valence-electron chi connectivity index (χ2n) is 18.2. The highest BCUT2D eigenvalue weighted by Crippen LogP contribution is 2.39. The highest BCUT2D eigenvalue weighted by molar-refractivity contribution is 5.84. The smallest absolute Gasteiger partial charge is 0.183 e. The van der Waals surface area contributed by atoms with E-state index in [-0.39, 0.29) is 74.3 Å². The molecule has 0 aromatic heterocycles. The number of rotatable bonds is 14. The van der Waals surface area contributed by atoms with E-state index in [1.807, 2.05) is 0 Å². The minimum Gasteiger partial charge on any atom is -0.493 e. The average Bonchev–Trinajstić information content (AvgIpc) is 3.34. The number of hydrogen-bond donors (Lipinski definition) is 2. The molecule has 2 unspecified atom stereocenters. The van der Waals surface area contributed by atoms with Crippen LogP contribution < -0.4 is 18.9 Å². The maximum absolute atomic E-state index is 15.0. The minimum absolute atomic E-state index is 0.00278. The van der Waals surface area contributed by atoms with Crippen LogP contribution in [0.25, 0.3) is 12.2 Å². The molecule has 0 radical (unpaired) electrons. The van der Waals surface area contributed by atoms with Gasteiger partial charge in [0.05, 0.1) is 39.6 Å². The topological polar surface area (TPSA) is 113 Å². The highest BCUT2D eigenvalue weighted by atomic mass is 19.2. The van der Waals surface area contributed by atoms with Crippen molar-refractivity contribution in [2.75, 3.05) is 52.9 Å². The van der Waals surface area contributed by atoms with Crippen LogP contribution in [0, 0.1) is 46.7 Å². The first-order valence-corrected chi connectivity index (χ1v) is 23.9. The lowest BCUT2D eigenvalue weighted by molar-refractivity contribution is -0.168. The van der Waals surface area contributed by atoms with Crippen LogP contribution in [0.4, 0.5) is 26.3 Å². The zero-order chi connectivity index (χ0) is 49.0. The first-order chi connectivity index (χ1) is 33.4. The zero-order valence-corrected chi connectivity index (χ0v) is 39.0. The number of hydrogen-bond acceptors (Lipinski definition) is 9. The number of aldehydes is 1. The van der Waals surface area contributed by atoms with Crippen molar-refractivity contribution < 1.29 is 69.8 Å².